The van der Waals surface area contributed by atoms with Crippen LogP contribution in [0.5, 0.6) is 0 Å². The highest BCUT2D eigenvalue weighted by Gasteiger charge is 2.20. The molecule has 10 rings (SSSR count). The molecule has 0 spiro atoms. The Morgan fingerprint density at radius 1 is 0.289 bits per heavy atom. The summed E-state index contributed by atoms with van der Waals surface area (Å²) in [4.78, 5) is 0. The number of fused-ring (bicyclic) bond motifs is 10. The van der Waals surface area contributed by atoms with Gasteiger partial charge in [-0.2, -0.15) is 0 Å². The smallest absolute Gasteiger partial charge is 0.143 e. The Labute approximate surface area is 259 Å². The van der Waals surface area contributed by atoms with Crippen LogP contribution in [-0.2, 0) is 0 Å². The maximum atomic E-state index is 6.99. The Balaban J connectivity index is 1.39. The molecule has 0 unspecified atom stereocenters. The summed E-state index contributed by atoms with van der Waals surface area (Å²) in [6.07, 6.45) is 0. The molecule has 1 heteroatoms. The van der Waals surface area contributed by atoms with Crippen LogP contribution < -0.4 is 0 Å². The van der Waals surface area contributed by atoms with E-state index in [4.69, 9.17) is 4.42 Å². The largest absolute Gasteiger partial charge is 0.455 e. The van der Waals surface area contributed by atoms with Crippen molar-refractivity contribution in [2.75, 3.05) is 0 Å². The van der Waals surface area contributed by atoms with Gasteiger partial charge in [-0.1, -0.05) is 133 Å². The van der Waals surface area contributed by atoms with E-state index >= 15 is 0 Å². The molecule has 208 valence electrons. The average molecular weight is 571 g/mol. The second-order valence-electron chi connectivity index (χ2n) is 12.0. The van der Waals surface area contributed by atoms with Crippen molar-refractivity contribution in [1.29, 1.82) is 0 Å². The summed E-state index contributed by atoms with van der Waals surface area (Å²) in [5.41, 5.74) is 6.62. The van der Waals surface area contributed by atoms with E-state index in [9.17, 15) is 0 Å². The molecule has 0 bridgehead atoms. The van der Waals surface area contributed by atoms with Crippen molar-refractivity contribution in [2.45, 2.75) is 0 Å². The maximum Gasteiger partial charge on any atom is 0.143 e. The monoisotopic (exact) mass is 570 g/mol. The third kappa shape index (κ3) is 3.56. The highest BCUT2D eigenvalue weighted by atomic mass is 16.3. The first kappa shape index (κ1) is 24.5. The van der Waals surface area contributed by atoms with Crippen molar-refractivity contribution in [1.82, 2.24) is 0 Å². The van der Waals surface area contributed by atoms with Gasteiger partial charge in [0.2, 0.25) is 0 Å². The minimum atomic E-state index is 0.909. The lowest BCUT2D eigenvalue weighted by Gasteiger charge is -2.13. The SMILES string of the molecule is c1ccc2c(-c3cc4ccccc4c4cc5c(cc34)oc3c(-c4cccc6ccccc46)cc4ccccc4c35)cccc2c1. The molecule has 45 heavy (non-hydrogen) atoms. The normalized spacial score (nSPS) is 12.0. The van der Waals surface area contributed by atoms with E-state index in [-0.39, 0.29) is 0 Å². The van der Waals surface area contributed by atoms with Gasteiger partial charge >= 0.3 is 0 Å². The molecule has 0 fully saturated rings. The summed E-state index contributed by atoms with van der Waals surface area (Å²) in [7, 11) is 0. The maximum absolute atomic E-state index is 6.99. The standard InChI is InChI=1S/C44H26O/c1-5-17-31-27(11-1)15-9-21-35(31)37-23-29-13-3-7-19-33(29)38-25-41-42(26-39(37)38)45-44-40(24-30-14-4-8-20-34(30)43(41)44)36-22-10-16-28-12-2-6-18-32(28)36/h1-26H. The minimum Gasteiger partial charge on any atom is -0.455 e. The molecule has 0 saturated carbocycles. The van der Waals surface area contributed by atoms with Gasteiger partial charge in [-0.05, 0) is 94.8 Å². The lowest BCUT2D eigenvalue weighted by molar-refractivity contribution is 0.671. The Bertz CT molecular complexity index is 2720. The van der Waals surface area contributed by atoms with Crippen LogP contribution >= 0.6 is 0 Å². The van der Waals surface area contributed by atoms with Gasteiger partial charge in [0.15, 0.2) is 0 Å². The lowest BCUT2D eigenvalue weighted by atomic mass is 9.89. The Hall–Kier alpha value is -5.92. The van der Waals surface area contributed by atoms with E-state index in [1.807, 2.05) is 0 Å². The van der Waals surface area contributed by atoms with E-state index in [0.29, 0.717) is 0 Å². The molecule has 0 amide bonds. The fourth-order valence-corrected chi connectivity index (χ4v) is 7.56. The van der Waals surface area contributed by atoms with Crippen molar-refractivity contribution in [3.8, 4) is 22.3 Å². The van der Waals surface area contributed by atoms with Gasteiger partial charge in [0.25, 0.3) is 0 Å². The van der Waals surface area contributed by atoms with E-state index in [1.54, 1.807) is 0 Å². The molecule has 9 aromatic carbocycles. The van der Waals surface area contributed by atoms with E-state index in [1.165, 1.54) is 75.9 Å². The van der Waals surface area contributed by atoms with Crippen LogP contribution in [0, 0.1) is 0 Å². The van der Waals surface area contributed by atoms with Crippen LogP contribution in [-0.4, -0.2) is 0 Å². The molecular weight excluding hydrogens is 544 g/mol. The fourth-order valence-electron chi connectivity index (χ4n) is 7.56. The molecule has 0 aliphatic carbocycles. The molecular formula is C44H26O. The molecule has 0 aliphatic rings. The first-order chi connectivity index (χ1) is 22.3. The first-order valence-corrected chi connectivity index (χ1v) is 15.5. The number of hydrogen-bond donors (Lipinski definition) is 0. The van der Waals surface area contributed by atoms with Crippen molar-refractivity contribution in [3.05, 3.63) is 158 Å². The number of benzene rings is 9. The van der Waals surface area contributed by atoms with Gasteiger partial charge in [0.1, 0.15) is 11.2 Å². The molecule has 0 radical (unpaired) electrons. The lowest BCUT2D eigenvalue weighted by Crippen LogP contribution is -1.87. The second-order valence-corrected chi connectivity index (χ2v) is 12.0. The zero-order valence-electron chi connectivity index (χ0n) is 24.4. The van der Waals surface area contributed by atoms with Crippen molar-refractivity contribution < 1.29 is 4.42 Å². The Morgan fingerprint density at radius 3 is 1.49 bits per heavy atom. The molecule has 1 aromatic heterocycles. The number of rotatable bonds is 2. The molecule has 0 aliphatic heterocycles. The number of hydrogen-bond acceptors (Lipinski definition) is 1. The van der Waals surface area contributed by atoms with Crippen LogP contribution in [0.2, 0.25) is 0 Å². The summed E-state index contributed by atoms with van der Waals surface area (Å²) in [5, 5.41) is 14.6. The molecule has 1 heterocycles. The van der Waals surface area contributed by atoms with Crippen molar-refractivity contribution in [2.24, 2.45) is 0 Å². The summed E-state index contributed by atoms with van der Waals surface area (Å²) in [5.74, 6) is 0. The highest BCUT2D eigenvalue weighted by Crippen LogP contribution is 2.46. The summed E-state index contributed by atoms with van der Waals surface area (Å²) in [6, 6.07) is 57.3. The zero-order valence-corrected chi connectivity index (χ0v) is 24.4. The second kappa shape index (κ2) is 9.29. The average Bonchev–Trinajstić information content (AvgIpc) is 3.48. The molecule has 10 aromatic rings. The van der Waals surface area contributed by atoms with E-state index < -0.39 is 0 Å². The van der Waals surface area contributed by atoms with Crippen LogP contribution in [0.3, 0.4) is 0 Å². The van der Waals surface area contributed by atoms with E-state index in [2.05, 4.69) is 158 Å². The van der Waals surface area contributed by atoms with Gasteiger partial charge in [0.05, 0.1) is 0 Å². The fraction of sp³-hybridized carbons (Fsp3) is 0. The number of furan rings is 1. The summed E-state index contributed by atoms with van der Waals surface area (Å²) < 4.78 is 6.99. The molecule has 0 N–H and O–H groups in total. The topological polar surface area (TPSA) is 13.1 Å². The molecule has 0 atom stereocenters. The van der Waals surface area contributed by atoms with Crippen molar-refractivity contribution >= 4 is 75.8 Å². The van der Waals surface area contributed by atoms with Crippen LogP contribution in [0.1, 0.15) is 0 Å². The summed E-state index contributed by atoms with van der Waals surface area (Å²) >= 11 is 0. The van der Waals surface area contributed by atoms with Gasteiger partial charge in [0, 0.05) is 16.3 Å². The van der Waals surface area contributed by atoms with Gasteiger partial charge < -0.3 is 4.42 Å². The summed E-state index contributed by atoms with van der Waals surface area (Å²) in [6.45, 7) is 0. The van der Waals surface area contributed by atoms with Gasteiger partial charge in [-0.3, -0.25) is 0 Å². The van der Waals surface area contributed by atoms with Gasteiger partial charge in [-0.15, -0.1) is 0 Å². The third-order valence-electron chi connectivity index (χ3n) is 9.60. The highest BCUT2D eigenvalue weighted by molar-refractivity contribution is 6.27. The zero-order chi connectivity index (χ0) is 29.5. The van der Waals surface area contributed by atoms with E-state index in [0.717, 1.165) is 22.1 Å². The molecule has 0 saturated heterocycles. The first-order valence-electron chi connectivity index (χ1n) is 15.5. The quantitative estimate of drug-likeness (QED) is 0.188. The predicted molar refractivity (Wildman–Crippen MR) is 192 cm³/mol. The molecule has 1 nitrogen and oxygen atoms in total. The van der Waals surface area contributed by atoms with Gasteiger partial charge in [-0.25, -0.2) is 0 Å². The Kier molecular flexibility index (Phi) is 5.06. The van der Waals surface area contributed by atoms with Crippen LogP contribution in [0.4, 0.5) is 0 Å². The minimum absolute atomic E-state index is 0.909. The van der Waals surface area contributed by atoms with Crippen molar-refractivity contribution in [3.63, 3.8) is 0 Å². The van der Waals surface area contributed by atoms with Crippen LogP contribution in [0.15, 0.2) is 162 Å². The predicted octanol–water partition coefficient (Wildman–Crippen LogP) is 12.7. The Morgan fingerprint density at radius 2 is 0.800 bits per heavy atom. The van der Waals surface area contributed by atoms with Crippen LogP contribution in [0.25, 0.3) is 98.1 Å². The third-order valence-corrected chi connectivity index (χ3v) is 9.60.